The molecule has 0 aliphatic rings. The van der Waals surface area contributed by atoms with Gasteiger partial charge in [-0.1, -0.05) is 52.3 Å². The molecule has 31 heavy (non-hydrogen) atoms. The number of rotatable bonds is 7. The molecule has 0 aliphatic heterocycles. The molecule has 3 rings (SSSR count). The van der Waals surface area contributed by atoms with Crippen molar-refractivity contribution in [3.05, 3.63) is 53.6 Å². The van der Waals surface area contributed by atoms with Gasteiger partial charge in [-0.3, -0.25) is 9.59 Å². The number of nitrogens with zero attached hydrogens (tertiary/aromatic N) is 2. The second kappa shape index (κ2) is 9.33. The first-order valence-electron chi connectivity index (χ1n) is 10.7. The van der Waals surface area contributed by atoms with Crippen LogP contribution in [0, 0.1) is 0 Å². The fourth-order valence-electron chi connectivity index (χ4n) is 3.26. The topological polar surface area (TPSA) is 72.6 Å². The number of anilines is 2. The van der Waals surface area contributed by atoms with Crippen molar-refractivity contribution in [1.29, 1.82) is 0 Å². The van der Waals surface area contributed by atoms with Crippen molar-refractivity contribution in [3.8, 4) is 0 Å². The van der Waals surface area contributed by atoms with Gasteiger partial charge in [-0.25, -0.2) is 4.90 Å². The fraction of sp³-hybridized carbons (Fsp3) is 0.400. The van der Waals surface area contributed by atoms with Crippen LogP contribution in [0.1, 0.15) is 58.6 Å². The first kappa shape index (κ1) is 22.5. The van der Waals surface area contributed by atoms with E-state index >= 15 is 0 Å². The molecule has 2 aromatic carbocycles. The third-order valence-corrected chi connectivity index (χ3v) is 5.10. The molecule has 0 spiro atoms. The maximum absolute atomic E-state index is 13.0. The van der Waals surface area contributed by atoms with Gasteiger partial charge in [0.25, 0.3) is 5.91 Å². The molecule has 0 atom stereocenters. The number of amides is 1. The van der Waals surface area contributed by atoms with Crippen LogP contribution in [0.5, 0.6) is 0 Å². The molecule has 0 bridgehead atoms. The second-order valence-electron chi connectivity index (χ2n) is 8.71. The normalized spacial score (nSPS) is 11.5. The van der Waals surface area contributed by atoms with Gasteiger partial charge in [0.2, 0.25) is 0 Å². The number of aromatic nitrogens is 1. The Morgan fingerprint density at radius 3 is 2.42 bits per heavy atom. The fourth-order valence-corrected chi connectivity index (χ4v) is 3.26. The lowest BCUT2D eigenvalue weighted by Gasteiger charge is -2.19. The minimum Gasteiger partial charge on any atom is -0.456 e. The van der Waals surface area contributed by atoms with Crippen molar-refractivity contribution >= 4 is 34.7 Å². The van der Waals surface area contributed by atoms with Gasteiger partial charge >= 0.3 is 12.0 Å². The highest BCUT2D eigenvalue weighted by Gasteiger charge is 2.25. The smallest absolute Gasteiger partial charge is 0.310 e. The van der Waals surface area contributed by atoms with Crippen LogP contribution in [0.15, 0.2) is 46.9 Å². The van der Waals surface area contributed by atoms with Crippen LogP contribution < -0.4 is 4.90 Å². The monoisotopic (exact) mass is 422 g/mol. The highest BCUT2D eigenvalue weighted by molar-refractivity contribution is 6.00. The minimum absolute atomic E-state index is 0.0353. The lowest BCUT2D eigenvalue weighted by molar-refractivity contribution is -0.145. The summed E-state index contributed by atoms with van der Waals surface area (Å²) in [6, 6.07) is 13.7. The zero-order valence-corrected chi connectivity index (χ0v) is 18.9. The average molecular weight is 423 g/mol. The Morgan fingerprint density at radius 1 is 1.10 bits per heavy atom. The van der Waals surface area contributed by atoms with Gasteiger partial charge in [-0.15, -0.1) is 0 Å². The largest absolute Gasteiger partial charge is 0.456 e. The molecule has 1 amide bonds. The zero-order valence-electron chi connectivity index (χ0n) is 18.9. The Balaban J connectivity index is 1.99. The molecule has 0 aliphatic carbocycles. The first-order valence-corrected chi connectivity index (χ1v) is 10.7. The van der Waals surface area contributed by atoms with Crippen molar-refractivity contribution in [3.63, 3.8) is 0 Å². The lowest BCUT2D eigenvalue weighted by Crippen LogP contribution is -2.30. The summed E-state index contributed by atoms with van der Waals surface area (Å²) in [5, 5.41) is 0. The van der Waals surface area contributed by atoms with E-state index in [1.165, 1.54) is 17.4 Å². The summed E-state index contributed by atoms with van der Waals surface area (Å²) < 4.78 is 10.9. The molecule has 0 saturated heterocycles. The molecule has 0 N–H and O–H groups in total. The van der Waals surface area contributed by atoms with Crippen molar-refractivity contribution in [2.45, 2.75) is 59.3 Å². The van der Waals surface area contributed by atoms with E-state index in [4.69, 9.17) is 9.15 Å². The molecule has 3 aromatic rings. The number of aryl methyl sites for hydroxylation is 1. The van der Waals surface area contributed by atoms with E-state index in [1.54, 1.807) is 0 Å². The maximum Gasteiger partial charge on any atom is 0.310 e. The van der Waals surface area contributed by atoms with Crippen LogP contribution in [0.25, 0.3) is 11.1 Å². The van der Waals surface area contributed by atoms with Gasteiger partial charge in [0.1, 0.15) is 5.52 Å². The van der Waals surface area contributed by atoms with E-state index < -0.39 is 11.9 Å². The molecule has 6 nitrogen and oxygen atoms in total. The lowest BCUT2D eigenvalue weighted by atomic mass is 9.87. The first-order chi connectivity index (χ1) is 14.7. The Bertz CT molecular complexity index is 1060. The summed E-state index contributed by atoms with van der Waals surface area (Å²) in [4.78, 5) is 30.1. The number of hydrogen-bond acceptors (Lipinski definition) is 5. The SMILES string of the molecule is CCCCc1ccc(N(C(=O)COC(C)=O)c2nc3cc(C(C)(C)C)ccc3o2)cc1. The predicted octanol–water partition coefficient (Wildman–Crippen LogP) is 5.70. The minimum atomic E-state index is -0.518. The number of hydrogen-bond donors (Lipinski definition) is 0. The molecular weight excluding hydrogens is 392 g/mol. The third kappa shape index (κ3) is 5.51. The summed E-state index contributed by atoms with van der Waals surface area (Å²) in [6.45, 7) is 9.42. The van der Waals surface area contributed by atoms with Gasteiger partial charge < -0.3 is 9.15 Å². The molecule has 0 fully saturated rings. The van der Waals surface area contributed by atoms with Gasteiger partial charge in [-0.05, 0) is 53.6 Å². The summed E-state index contributed by atoms with van der Waals surface area (Å²) in [7, 11) is 0. The highest BCUT2D eigenvalue weighted by Crippen LogP contribution is 2.32. The van der Waals surface area contributed by atoms with Crippen LogP contribution in [0.4, 0.5) is 11.7 Å². The Kier molecular flexibility index (Phi) is 6.78. The van der Waals surface area contributed by atoms with E-state index in [9.17, 15) is 9.59 Å². The molecule has 0 saturated carbocycles. The number of fused-ring (bicyclic) bond motifs is 1. The number of ether oxygens (including phenoxy) is 1. The average Bonchev–Trinajstić information content (AvgIpc) is 3.14. The molecule has 164 valence electrons. The van der Waals surface area contributed by atoms with Gasteiger partial charge in [0.15, 0.2) is 12.2 Å². The number of oxazole rings is 1. The second-order valence-corrected chi connectivity index (χ2v) is 8.71. The third-order valence-electron chi connectivity index (χ3n) is 5.10. The van der Waals surface area contributed by atoms with E-state index in [2.05, 4.69) is 32.7 Å². The predicted molar refractivity (Wildman–Crippen MR) is 122 cm³/mol. The van der Waals surface area contributed by atoms with Gasteiger partial charge in [-0.2, -0.15) is 4.98 Å². The van der Waals surface area contributed by atoms with Crippen molar-refractivity contribution < 1.29 is 18.7 Å². The van der Waals surface area contributed by atoms with Crippen molar-refractivity contribution in [2.24, 2.45) is 0 Å². The number of carbonyl (C=O) groups excluding carboxylic acids is 2. The molecule has 0 unspecified atom stereocenters. The van der Waals surface area contributed by atoms with Crippen molar-refractivity contribution in [1.82, 2.24) is 4.98 Å². The van der Waals surface area contributed by atoms with Crippen LogP contribution in [0.2, 0.25) is 0 Å². The quantitative estimate of drug-likeness (QED) is 0.457. The maximum atomic E-state index is 13.0. The van der Waals surface area contributed by atoms with Crippen LogP contribution in [-0.2, 0) is 26.2 Å². The summed E-state index contributed by atoms with van der Waals surface area (Å²) in [6.07, 6.45) is 3.21. The molecule has 1 heterocycles. The summed E-state index contributed by atoms with van der Waals surface area (Å²) in [5.74, 6) is -0.949. The number of esters is 1. The molecule has 1 aromatic heterocycles. The zero-order chi connectivity index (χ0) is 22.6. The van der Waals surface area contributed by atoms with Gasteiger partial charge in [0.05, 0.1) is 5.69 Å². The van der Waals surface area contributed by atoms with E-state index in [0.29, 0.717) is 16.8 Å². The van der Waals surface area contributed by atoms with Crippen LogP contribution in [-0.4, -0.2) is 23.5 Å². The molecule has 6 heteroatoms. The standard InChI is InChI=1S/C25H30N2O4/c1-6-7-8-18-9-12-20(13-10-18)27(23(29)16-30-17(2)28)24-26-21-15-19(25(3,4)5)11-14-22(21)31-24/h9-15H,6-8,16H2,1-5H3. The Labute approximate surface area is 183 Å². The van der Waals surface area contributed by atoms with Crippen molar-refractivity contribution in [2.75, 3.05) is 11.5 Å². The summed E-state index contributed by atoms with van der Waals surface area (Å²) in [5.41, 5.74) is 4.16. The Hall–Kier alpha value is -3.15. The Morgan fingerprint density at radius 2 is 1.81 bits per heavy atom. The van der Waals surface area contributed by atoms with E-state index in [0.717, 1.165) is 24.8 Å². The van der Waals surface area contributed by atoms with E-state index in [1.807, 2.05) is 42.5 Å². The number of unbranched alkanes of at least 4 members (excludes halogenated alkanes) is 1. The number of benzene rings is 2. The number of carbonyl (C=O) groups is 2. The molecular formula is C25H30N2O4. The highest BCUT2D eigenvalue weighted by atomic mass is 16.5. The van der Waals surface area contributed by atoms with Crippen LogP contribution >= 0.6 is 0 Å². The van der Waals surface area contributed by atoms with Crippen LogP contribution in [0.3, 0.4) is 0 Å². The van der Waals surface area contributed by atoms with E-state index in [-0.39, 0.29) is 18.0 Å². The molecule has 0 radical (unpaired) electrons. The van der Waals surface area contributed by atoms with Gasteiger partial charge in [0, 0.05) is 6.92 Å². The summed E-state index contributed by atoms with van der Waals surface area (Å²) >= 11 is 0.